The Bertz CT molecular complexity index is 1190. The SMILES string of the molecule is C[C@@]1(c2ccc(F)cc2F)CN(Cc2ccn3c(CC4CC4)nnc3c2C(F)(F)F)CCO1. The Balaban J connectivity index is 1.45. The lowest BCUT2D eigenvalue weighted by atomic mass is 9.92. The number of nitrogens with zero attached hydrogens (tertiary/aromatic N) is 4. The molecule has 1 saturated heterocycles. The number of fused-ring (bicyclic) bond motifs is 1. The van der Waals surface area contributed by atoms with Gasteiger partial charge in [-0.2, -0.15) is 13.2 Å². The molecule has 0 bridgehead atoms. The second-order valence-electron chi connectivity index (χ2n) is 9.09. The highest BCUT2D eigenvalue weighted by Gasteiger charge is 2.40. The summed E-state index contributed by atoms with van der Waals surface area (Å²) in [4.78, 5) is 1.79. The molecule has 33 heavy (non-hydrogen) atoms. The normalized spacial score (nSPS) is 22.2. The van der Waals surface area contributed by atoms with E-state index in [1.165, 1.54) is 16.5 Å². The van der Waals surface area contributed by atoms with E-state index >= 15 is 0 Å². The molecule has 1 atom stereocenters. The van der Waals surface area contributed by atoms with Gasteiger partial charge in [-0.3, -0.25) is 9.30 Å². The van der Waals surface area contributed by atoms with Crippen molar-refractivity contribution >= 4 is 5.65 Å². The first-order chi connectivity index (χ1) is 15.6. The zero-order valence-corrected chi connectivity index (χ0v) is 18.0. The van der Waals surface area contributed by atoms with Crippen LogP contribution < -0.4 is 0 Å². The van der Waals surface area contributed by atoms with Gasteiger partial charge in [0.1, 0.15) is 28.6 Å². The number of pyridine rings is 1. The molecular weight excluding hydrogens is 443 g/mol. The second-order valence-corrected chi connectivity index (χ2v) is 9.09. The molecule has 1 aliphatic heterocycles. The molecule has 1 aromatic carbocycles. The van der Waals surface area contributed by atoms with Gasteiger partial charge in [-0.05, 0) is 43.4 Å². The number of morpholine rings is 1. The molecule has 0 N–H and O–H groups in total. The van der Waals surface area contributed by atoms with Gasteiger partial charge in [-0.15, -0.1) is 10.2 Å². The molecule has 0 spiro atoms. The number of halogens is 5. The Morgan fingerprint density at radius 3 is 2.64 bits per heavy atom. The van der Waals surface area contributed by atoms with Crippen LogP contribution in [0.4, 0.5) is 22.0 Å². The lowest BCUT2D eigenvalue weighted by Gasteiger charge is -2.41. The first kappa shape index (κ1) is 22.2. The molecule has 0 radical (unpaired) electrons. The maximum absolute atomic E-state index is 14.4. The summed E-state index contributed by atoms with van der Waals surface area (Å²) in [5.41, 5.74) is -1.88. The quantitative estimate of drug-likeness (QED) is 0.510. The first-order valence-corrected chi connectivity index (χ1v) is 10.9. The van der Waals surface area contributed by atoms with Crippen molar-refractivity contribution in [2.24, 2.45) is 5.92 Å². The minimum absolute atomic E-state index is 0.0159. The van der Waals surface area contributed by atoms with Crippen LogP contribution >= 0.6 is 0 Å². The van der Waals surface area contributed by atoms with Gasteiger partial charge in [0.25, 0.3) is 0 Å². The number of hydrogen-bond donors (Lipinski definition) is 0. The van der Waals surface area contributed by atoms with E-state index in [-0.39, 0.29) is 36.5 Å². The van der Waals surface area contributed by atoms with E-state index in [4.69, 9.17) is 4.74 Å². The van der Waals surface area contributed by atoms with Crippen LogP contribution in [0.3, 0.4) is 0 Å². The molecule has 0 unspecified atom stereocenters. The molecule has 176 valence electrons. The summed E-state index contributed by atoms with van der Waals surface area (Å²) in [6, 6.07) is 4.70. The summed E-state index contributed by atoms with van der Waals surface area (Å²) in [6.07, 6.45) is -0.284. The van der Waals surface area contributed by atoms with Crippen molar-refractivity contribution in [1.82, 2.24) is 19.5 Å². The van der Waals surface area contributed by atoms with Crippen molar-refractivity contribution < 1.29 is 26.7 Å². The maximum atomic E-state index is 14.4. The summed E-state index contributed by atoms with van der Waals surface area (Å²) in [5, 5.41) is 7.90. The molecular formula is C23H23F5N4O. The molecule has 5 rings (SSSR count). The molecule has 3 heterocycles. The van der Waals surface area contributed by atoms with Crippen LogP contribution in [0.1, 0.15) is 42.3 Å². The van der Waals surface area contributed by atoms with Crippen LogP contribution in [0.2, 0.25) is 0 Å². The lowest BCUT2D eigenvalue weighted by Crippen LogP contribution is -2.48. The third-order valence-electron chi connectivity index (χ3n) is 6.44. The van der Waals surface area contributed by atoms with Gasteiger partial charge in [0, 0.05) is 43.9 Å². The fourth-order valence-electron chi connectivity index (χ4n) is 4.61. The predicted octanol–water partition coefficient (Wildman–Crippen LogP) is 4.73. The number of alkyl halides is 3. The fraction of sp³-hybridized carbons (Fsp3) is 0.478. The van der Waals surface area contributed by atoms with E-state index in [2.05, 4.69) is 10.2 Å². The minimum atomic E-state index is -4.61. The van der Waals surface area contributed by atoms with E-state index in [0.717, 1.165) is 25.0 Å². The Morgan fingerprint density at radius 1 is 1.15 bits per heavy atom. The maximum Gasteiger partial charge on any atom is 0.420 e. The van der Waals surface area contributed by atoms with Crippen molar-refractivity contribution in [2.75, 3.05) is 19.7 Å². The van der Waals surface area contributed by atoms with Crippen molar-refractivity contribution in [1.29, 1.82) is 0 Å². The van der Waals surface area contributed by atoms with Crippen LogP contribution in [-0.4, -0.2) is 39.2 Å². The van der Waals surface area contributed by atoms with Crippen molar-refractivity contribution in [3.8, 4) is 0 Å². The zero-order valence-electron chi connectivity index (χ0n) is 18.0. The number of aromatic nitrogens is 3. The van der Waals surface area contributed by atoms with Crippen molar-refractivity contribution in [3.63, 3.8) is 0 Å². The smallest absolute Gasteiger partial charge is 0.368 e. The Hall–Kier alpha value is -2.59. The largest absolute Gasteiger partial charge is 0.420 e. The molecule has 1 saturated carbocycles. The van der Waals surface area contributed by atoms with Gasteiger partial charge in [0.2, 0.25) is 0 Å². The van der Waals surface area contributed by atoms with Gasteiger partial charge in [0.05, 0.1) is 6.61 Å². The Labute approximate surface area is 187 Å². The predicted molar refractivity (Wildman–Crippen MR) is 109 cm³/mol. The van der Waals surface area contributed by atoms with Crippen LogP contribution in [0, 0.1) is 17.6 Å². The third-order valence-corrected chi connectivity index (χ3v) is 6.44. The van der Waals surface area contributed by atoms with Crippen LogP contribution in [0.25, 0.3) is 5.65 Å². The second kappa shape index (κ2) is 8.02. The molecule has 2 aromatic heterocycles. The van der Waals surface area contributed by atoms with Gasteiger partial charge in [0.15, 0.2) is 5.65 Å². The van der Waals surface area contributed by atoms with Crippen molar-refractivity contribution in [3.05, 3.63) is 64.6 Å². The van der Waals surface area contributed by atoms with Crippen LogP contribution in [-0.2, 0) is 29.5 Å². The molecule has 10 heteroatoms. The lowest BCUT2D eigenvalue weighted by molar-refractivity contribution is -0.138. The minimum Gasteiger partial charge on any atom is -0.368 e. The van der Waals surface area contributed by atoms with E-state index < -0.39 is 29.0 Å². The highest BCUT2D eigenvalue weighted by atomic mass is 19.4. The highest BCUT2D eigenvalue weighted by Crippen LogP contribution is 2.38. The Kier molecular flexibility index (Phi) is 5.40. The summed E-state index contributed by atoms with van der Waals surface area (Å²) in [7, 11) is 0. The molecule has 5 nitrogen and oxygen atoms in total. The van der Waals surface area contributed by atoms with Gasteiger partial charge >= 0.3 is 6.18 Å². The van der Waals surface area contributed by atoms with Crippen LogP contribution in [0.15, 0.2) is 30.5 Å². The van der Waals surface area contributed by atoms with Gasteiger partial charge in [-0.1, -0.05) is 6.07 Å². The van der Waals surface area contributed by atoms with Crippen LogP contribution in [0.5, 0.6) is 0 Å². The van der Waals surface area contributed by atoms with E-state index in [0.29, 0.717) is 24.7 Å². The average molecular weight is 466 g/mol. The molecule has 1 aliphatic carbocycles. The summed E-state index contributed by atoms with van der Waals surface area (Å²) >= 11 is 0. The highest BCUT2D eigenvalue weighted by molar-refractivity contribution is 5.53. The molecule has 2 aliphatic rings. The number of hydrogen-bond acceptors (Lipinski definition) is 4. The summed E-state index contributed by atoms with van der Waals surface area (Å²) < 4.78 is 77.4. The molecule has 0 amide bonds. The van der Waals surface area contributed by atoms with Gasteiger partial charge < -0.3 is 4.74 Å². The van der Waals surface area contributed by atoms with Crippen molar-refractivity contribution in [2.45, 2.75) is 44.5 Å². The van der Waals surface area contributed by atoms with E-state index in [1.807, 2.05) is 0 Å². The Morgan fingerprint density at radius 2 is 1.94 bits per heavy atom. The summed E-state index contributed by atoms with van der Waals surface area (Å²) in [6.45, 7) is 2.37. The number of rotatable bonds is 5. The van der Waals surface area contributed by atoms with E-state index in [9.17, 15) is 22.0 Å². The monoisotopic (exact) mass is 466 g/mol. The first-order valence-electron chi connectivity index (χ1n) is 10.9. The topological polar surface area (TPSA) is 42.7 Å². The van der Waals surface area contributed by atoms with E-state index in [1.54, 1.807) is 18.0 Å². The molecule has 3 aromatic rings. The fourth-order valence-corrected chi connectivity index (χ4v) is 4.61. The zero-order chi connectivity index (χ0) is 23.4. The molecule has 2 fully saturated rings. The van der Waals surface area contributed by atoms with Gasteiger partial charge in [-0.25, -0.2) is 8.78 Å². The third kappa shape index (κ3) is 4.33. The standard InChI is InChI=1S/C23H23F5N4O/c1-22(17-5-4-16(24)11-18(17)25)13-31(8-9-33-22)12-15-6-7-32-19(10-14-2-3-14)29-30-21(32)20(15)23(26,27)28/h4-7,11,14H,2-3,8-10,12-13H2,1H3/t22-/m0/s1. The number of ether oxygens (including phenoxy) is 1. The average Bonchev–Trinajstić information content (AvgIpc) is 3.45. The summed E-state index contributed by atoms with van der Waals surface area (Å²) in [5.74, 6) is -0.451. The number of benzene rings is 1.